The van der Waals surface area contributed by atoms with Gasteiger partial charge in [-0.15, -0.1) is 0 Å². The maximum Gasteiger partial charge on any atom is 0.492 e. The van der Waals surface area contributed by atoms with Gasteiger partial charge in [-0.25, -0.2) is 0 Å². The molecule has 0 saturated carbocycles. The Labute approximate surface area is 98.8 Å². The monoisotopic (exact) mass is 239 g/mol. The van der Waals surface area contributed by atoms with Crippen molar-refractivity contribution in [2.75, 3.05) is 7.11 Å². The van der Waals surface area contributed by atoms with Gasteiger partial charge in [0.05, 0.1) is 7.11 Å². The lowest BCUT2D eigenvalue weighted by Crippen LogP contribution is -2.33. The van der Waals surface area contributed by atoms with Crippen molar-refractivity contribution in [2.24, 2.45) is 5.73 Å². The third-order valence-electron chi connectivity index (χ3n) is 2.35. The number of nitrogens with two attached hydrogens (primary N) is 1. The van der Waals surface area contributed by atoms with Gasteiger partial charge in [0.1, 0.15) is 11.8 Å². The van der Waals surface area contributed by atoms with E-state index in [-0.39, 0.29) is 17.6 Å². The molecule has 1 rings (SSSR count). The summed E-state index contributed by atoms with van der Waals surface area (Å²) in [4.78, 5) is 10.6. The van der Waals surface area contributed by atoms with Gasteiger partial charge >= 0.3 is 13.1 Å². The Kier molecular flexibility index (Phi) is 4.50. The molecule has 0 aliphatic carbocycles. The molecule has 0 saturated heterocycles. The average Bonchev–Trinajstić information content (AvgIpc) is 2.28. The molecule has 17 heavy (non-hydrogen) atoms. The molecule has 1 atom stereocenters. The fourth-order valence-electron chi connectivity index (χ4n) is 1.44. The highest BCUT2D eigenvalue weighted by atomic mass is 16.5. The number of hydrogen-bond acceptors (Lipinski definition) is 5. The second kappa shape index (κ2) is 5.67. The molecule has 1 aromatic rings. The highest BCUT2D eigenvalue weighted by Crippen LogP contribution is 2.12. The first-order valence-electron chi connectivity index (χ1n) is 4.97. The number of carboxylic acid groups (broad SMARTS) is 1. The van der Waals surface area contributed by atoms with Crippen molar-refractivity contribution in [1.82, 2.24) is 0 Å². The molecule has 0 radical (unpaired) electrons. The fourth-order valence-corrected chi connectivity index (χ4v) is 1.44. The number of hydrogen-bond donors (Lipinski definition) is 4. The molecule has 5 N–H and O–H groups in total. The second-order valence-electron chi connectivity index (χ2n) is 3.60. The molecule has 0 spiro atoms. The lowest BCUT2D eigenvalue weighted by atomic mass is 9.79. The van der Waals surface area contributed by atoms with Gasteiger partial charge in [-0.1, -0.05) is 12.1 Å². The predicted octanol–water partition coefficient (Wildman–Crippen LogP) is -1.67. The smallest absolute Gasteiger partial charge is 0.492 e. The normalized spacial score (nSPS) is 12.0. The number of carbonyl (C=O) groups is 1. The molecular formula is C10H14BNO5. The Balaban J connectivity index is 2.93. The summed E-state index contributed by atoms with van der Waals surface area (Å²) in [6, 6.07) is 3.59. The van der Waals surface area contributed by atoms with E-state index in [9.17, 15) is 4.79 Å². The van der Waals surface area contributed by atoms with Crippen LogP contribution in [0.2, 0.25) is 0 Å². The molecule has 0 aliphatic rings. The van der Waals surface area contributed by atoms with Gasteiger partial charge in [0.2, 0.25) is 0 Å². The fraction of sp³-hybridized carbons (Fsp3) is 0.300. The summed E-state index contributed by atoms with van der Waals surface area (Å²) in [6.07, 6.45) is 0.146. The maximum absolute atomic E-state index is 10.6. The van der Waals surface area contributed by atoms with Gasteiger partial charge in [0, 0.05) is 5.46 Å². The molecule has 0 unspecified atom stereocenters. The van der Waals surface area contributed by atoms with E-state index in [1.165, 1.54) is 19.2 Å². The van der Waals surface area contributed by atoms with E-state index in [0.29, 0.717) is 5.56 Å². The van der Waals surface area contributed by atoms with Crippen molar-refractivity contribution in [3.63, 3.8) is 0 Å². The van der Waals surface area contributed by atoms with Crippen LogP contribution < -0.4 is 15.9 Å². The predicted molar refractivity (Wildman–Crippen MR) is 62.1 cm³/mol. The van der Waals surface area contributed by atoms with E-state index < -0.39 is 19.1 Å². The van der Waals surface area contributed by atoms with Crippen LogP contribution in [-0.2, 0) is 11.2 Å². The Morgan fingerprint density at radius 3 is 2.65 bits per heavy atom. The molecule has 0 fully saturated rings. The van der Waals surface area contributed by atoms with Crippen molar-refractivity contribution in [2.45, 2.75) is 12.5 Å². The first-order chi connectivity index (χ1) is 7.95. The van der Waals surface area contributed by atoms with Gasteiger partial charge < -0.3 is 25.6 Å². The van der Waals surface area contributed by atoms with Crippen LogP contribution in [0.4, 0.5) is 0 Å². The molecular weight excluding hydrogens is 225 g/mol. The number of carboxylic acids is 1. The van der Waals surface area contributed by atoms with Crippen LogP contribution in [0.15, 0.2) is 18.2 Å². The largest absolute Gasteiger partial charge is 0.497 e. The van der Waals surface area contributed by atoms with Crippen LogP contribution in [0, 0.1) is 0 Å². The minimum absolute atomic E-state index is 0.146. The molecule has 0 heterocycles. The van der Waals surface area contributed by atoms with Crippen LogP contribution in [0.25, 0.3) is 0 Å². The van der Waals surface area contributed by atoms with Crippen molar-refractivity contribution >= 4 is 18.6 Å². The zero-order chi connectivity index (χ0) is 13.0. The van der Waals surface area contributed by atoms with E-state index >= 15 is 0 Å². The molecule has 6 nitrogen and oxygen atoms in total. The van der Waals surface area contributed by atoms with E-state index in [0.717, 1.165) is 0 Å². The highest BCUT2D eigenvalue weighted by Gasteiger charge is 2.18. The Hall–Kier alpha value is -1.57. The molecule has 0 amide bonds. The van der Waals surface area contributed by atoms with Gasteiger partial charge in [0.15, 0.2) is 0 Å². The Morgan fingerprint density at radius 2 is 2.18 bits per heavy atom. The van der Waals surface area contributed by atoms with Crippen LogP contribution in [0.1, 0.15) is 5.56 Å². The molecule has 1 aromatic carbocycles. The summed E-state index contributed by atoms with van der Waals surface area (Å²) >= 11 is 0. The number of methoxy groups -OCH3 is 1. The van der Waals surface area contributed by atoms with Crippen LogP contribution in [0.5, 0.6) is 5.75 Å². The standard InChI is InChI=1S/C10H14BNO5/c1-17-9-5-6(4-8(12)10(13)14)2-3-7(9)11(15)16/h2-3,5,8,15-16H,4,12H2,1H3,(H,13,14)/t8-/m0/s1. The van der Waals surface area contributed by atoms with Crippen LogP contribution in [-0.4, -0.2) is 41.4 Å². The molecule has 0 aromatic heterocycles. The average molecular weight is 239 g/mol. The minimum atomic E-state index is -1.63. The molecule has 0 aliphatic heterocycles. The second-order valence-corrected chi connectivity index (χ2v) is 3.60. The maximum atomic E-state index is 10.6. The zero-order valence-electron chi connectivity index (χ0n) is 9.33. The quantitative estimate of drug-likeness (QED) is 0.457. The summed E-state index contributed by atoms with van der Waals surface area (Å²) in [5.41, 5.74) is 6.27. The van der Waals surface area contributed by atoms with E-state index in [2.05, 4.69) is 0 Å². The van der Waals surface area contributed by atoms with Gasteiger partial charge in [0.25, 0.3) is 0 Å². The summed E-state index contributed by atoms with van der Waals surface area (Å²) in [7, 11) is -0.241. The summed E-state index contributed by atoms with van der Waals surface area (Å²) in [6.45, 7) is 0. The Morgan fingerprint density at radius 1 is 1.53 bits per heavy atom. The lowest BCUT2D eigenvalue weighted by Gasteiger charge is -2.11. The number of aliphatic carboxylic acids is 1. The SMILES string of the molecule is COc1cc(C[C@H](N)C(=O)O)ccc1B(O)O. The topological polar surface area (TPSA) is 113 Å². The Bertz CT molecular complexity index is 410. The lowest BCUT2D eigenvalue weighted by molar-refractivity contribution is -0.138. The van der Waals surface area contributed by atoms with E-state index in [4.69, 9.17) is 25.6 Å². The van der Waals surface area contributed by atoms with Crippen molar-refractivity contribution in [3.8, 4) is 5.75 Å². The van der Waals surface area contributed by atoms with Crippen molar-refractivity contribution in [1.29, 1.82) is 0 Å². The molecule has 7 heteroatoms. The van der Waals surface area contributed by atoms with Crippen LogP contribution in [0.3, 0.4) is 0 Å². The number of benzene rings is 1. The van der Waals surface area contributed by atoms with Crippen LogP contribution >= 0.6 is 0 Å². The summed E-state index contributed by atoms with van der Waals surface area (Å²) in [5.74, 6) is -0.801. The van der Waals surface area contributed by atoms with E-state index in [1.54, 1.807) is 6.07 Å². The third kappa shape index (κ3) is 3.45. The third-order valence-corrected chi connectivity index (χ3v) is 2.35. The summed E-state index contributed by atoms with van der Waals surface area (Å²) in [5, 5.41) is 26.8. The van der Waals surface area contributed by atoms with Gasteiger partial charge in [-0.3, -0.25) is 4.79 Å². The molecule has 92 valence electrons. The van der Waals surface area contributed by atoms with Gasteiger partial charge in [-0.05, 0) is 18.1 Å². The highest BCUT2D eigenvalue weighted by molar-refractivity contribution is 6.59. The minimum Gasteiger partial charge on any atom is -0.497 e. The first kappa shape index (κ1) is 13.5. The number of ether oxygens (including phenoxy) is 1. The van der Waals surface area contributed by atoms with E-state index in [1.807, 2.05) is 0 Å². The molecule has 0 bridgehead atoms. The number of rotatable bonds is 5. The zero-order valence-corrected chi connectivity index (χ0v) is 9.33. The van der Waals surface area contributed by atoms with Crippen molar-refractivity contribution < 1.29 is 24.7 Å². The van der Waals surface area contributed by atoms with Crippen molar-refractivity contribution in [3.05, 3.63) is 23.8 Å². The van der Waals surface area contributed by atoms with Gasteiger partial charge in [-0.2, -0.15) is 0 Å². The summed E-state index contributed by atoms with van der Waals surface area (Å²) < 4.78 is 4.98. The first-order valence-corrected chi connectivity index (χ1v) is 4.97.